The summed E-state index contributed by atoms with van der Waals surface area (Å²) in [6, 6.07) is 0. The molecule has 1 heterocycles. The monoisotopic (exact) mass is 679 g/mol. The van der Waals surface area contributed by atoms with E-state index >= 15 is 0 Å². The van der Waals surface area contributed by atoms with E-state index in [1.807, 2.05) is 0 Å². The molecular formula is C9H4Cl15N3. The lowest BCUT2D eigenvalue weighted by atomic mass is 10.0. The summed E-state index contributed by atoms with van der Waals surface area (Å²) in [7, 11) is 1.22. The van der Waals surface area contributed by atoms with Crippen LogP contribution in [0.5, 0.6) is 0 Å². The fourth-order valence-corrected chi connectivity index (χ4v) is 6.79. The molecule has 1 N–H and O–H groups in total. The zero-order valence-electron chi connectivity index (χ0n) is 12.1. The quantitative estimate of drug-likeness (QED) is 0.261. The van der Waals surface area contributed by atoms with Crippen molar-refractivity contribution < 1.29 is 0 Å². The van der Waals surface area contributed by atoms with Crippen LogP contribution in [0.2, 0.25) is 0 Å². The molecule has 0 atom stereocenters. The van der Waals surface area contributed by atoms with Crippen LogP contribution in [0.3, 0.4) is 0 Å². The van der Waals surface area contributed by atoms with Crippen LogP contribution in [0.1, 0.15) is 0 Å². The maximum absolute atomic E-state index is 6.12. The summed E-state index contributed by atoms with van der Waals surface area (Å²) >= 11 is 90.9. The molecule has 0 radical (unpaired) electrons. The summed E-state index contributed by atoms with van der Waals surface area (Å²) in [5.74, 6) is -0.526. The van der Waals surface area contributed by atoms with E-state index in [2.05, 4.69) is 10.3 Å². The standard InChI is InChI=1S/C9H4Cl15N3/c1-27-2(3(10,11)12)25-4(6(13,14)15,7(16,17)18)26-5(27,8(19,20)21)9(22,23)24/h26H,1H3. The molecule has 0 unspecified atom stereocenters. The molecule has 1 aliphatic heterocycles. The van der Waals surface area contributed by atoms with Gasteiger partial charge in [0.15, 0.2) is 11.5 Å². The number of hydrogen-bond donors (Lipinski definition) is 1. The molecule has 0 aromatic carbocycles. The van der Waals surface area contributed by atoms with E-state index in [0.29, 0.717) is 0 Å². The molecule has 1 rings (SSSR count). The predicted molar refractivity (Wildman–Crippen MR) is 125 cm³/mol. The second-order valence-corrected chi connectivity index (χ2v) is 16.4. The highest BCUT2D eigenvalue weighted by atomic mass is 35.6. The molecule has 0 amide bonds. The van der Waals surface area contributed by atoms with Gasteiger partial charge in [-0.1, -0.05) is 174 Å². The van der Waals surface area contributed by atoms with Crippen LogP contribution in [0.4, 0.5) is 0 Å². The van der Waals surface area contributed by atoms with Crippen molar-refractivity contribution in [1.29, 1.82) is 0 Å². The molecule has 0 spiro atoms. The highest BCUT2D eigenvalue weighted by molar-refractivity contribution is 6.78. The van der Waals surface area contributed by atoms with Gasteiger partial charge in [0.05, 0.1) is 0 Å². The molecule has 0 saturated heterocycles. The molecule has 0 aromatic rings. The number of amidine groups is 1. The lowest BCUT2D eigenvalue weighted by Crippen LogP contribution is -2.84. The Morgan fingerprint density at radius 2 is 1.00 bits per heavy atom. The van der Waals surface area contributed by atoms with E-state index in [4.69, 9.17) is 174 Å². The van der Waals surface area contributed by atoms with E-state index in [0.717, 1.165) is 4.90 Å². The fraction of sp³-hybridized carbons (Fsp3) is 0.889. The van der Waals surface area contributed by atoms with Crippen LogP contribution in [-0.2, 0) is 0 Å². The van der Waals surface area contributed by atoms with E-state index in [1.165, 1.54) is 7.05 Å². The molecule has 0 fully saturated rings. The first kappa shape index (κ1) is 28.8. The van der Waals surface area contributed by atoms with E-state index in [-0.39, 0.29) is 0 Å². The van der Waals surface area contributed by atoms with Gasteiger partial charge in [-0.2, -0.15) is 0 Å². The zero-order chi connectivity index (χ0) is 22.1. The van der Waals surface area contributed by atoms with Gasteiger partial charge < -0.3 is 4.90 Å². The number of nitrogens with zero attached hydrogens (tertiary/aromatic N) is 2. The van der Waals surface area contributed by atoms with Gasteiger partial charge in [-0.15, -0.1) is 0 Å². The number of alkyl halides is 15. The second-order valence-electron chi connectivity index (χ2n) is 5.03. The Balaban J connectivity index is 4.15. The number of nitrogens with one attached hydrogen (secondary N) is 1. The Bertz CT molecular complexity index is 572. The average molecular weight is 686 g/mol. The summed E-state index contributed by atoms with van der Waals surface area (Å²) in [6.07, 6.45) is 0. The van der Waals surface area contributed by atoms with Gasteiger partial charge in [0, 0.05) is 7.05 Å². The zero-order valence-corrected chi connectivity index (χ0v) is 23.4. The van der Waals surface area contributed by atoms with Gasteiger partial charge in [0.1, 0.15) is 0 Å². The Hall–Kier alpha value is 3.78. The summed E-state index contributed by atoms with van der Waals surface area (Å²) in [5, 5.41) is 2.47. The van der Waals surface area contributed by atoms with Crippen molar-refractivity contribution in [2.75, 3.05) is 7.05 Å². The molecule has 27 heavy (non-hydrogen) atoms. The van der Waals surface area contributed by atoms with Crippen molar-refractivity contribution in [2.45, 2.75) is 30.3 Å². The van der Waals surface area contributed by atoms with Crippen molar-refractivity contribution in [3.05, 3.63) is 0 Å². The third-order valence-corrected chi connectivity index (χ3v) is 7.14. The van der Waals surface area contributed by atoms with Crippen molar-refractivity contribution in [3.63, 3.8) is 0 Å². The topological polar surface area (TPSA) is 27.6 Å². The average Bonchev–Trinajstić information content (AvgIpc) is 2.31. The smallest absolute Gasteiger partial charge is 0.247 e. The normalized spacial score (nSPS) is 21.9. The molecule has 0 aliphatic carbocycles. The molecule has 18 heteroatoms. The SMILES string of the molecule is CN1C(C(Cl)(Cl)Cl)=NC(C(Cl)(Cl)Cl)(C(Cl)(Cl)Cl)NC1(C(Cl)(Cl)Cl)C(Cl)(Cl)Cl. The number of aliphatic imine (C=N–C) groups is 1. The van der Waals surface area contributed by atoms with Gasteiger partial charge in [-0.3, -0.25) is 5.32 Å². The third kappa shape index (κ3) is 5.15. The van der Waals surface area contributed by atoms with Crippen molar-refractivity contribution in [2.24, 2.45) is 4.99 Å². The second kappa shape index (κ2) is 8.53. The van der Waals surface area contributed by atoms with E-state index < -0.39 is 36.1 Å². The molecule has 0 aromatic heterocycles. The summed E-state index contributed by atoms with van der Waals surface area (Å²) < 4.78 is -12.5. The third-order valence-electron chi connectivity index (χ3n) is 3.35. The van der Waals surface area contributed by atoms with Crippen molar-refractivity contribution in [3.8, 4) is 0 Å². The predicted octanol–water partition coefficient (Wildman–Crippen LogP) is 8.16. The highest BCUT2D eigenvalue weighted by Gasteiger charge is 2.76. The Morgan fingerprint density at radius 3 is 1.22 bits per heavy atom. The lowest BCUT2D eigenvalue weighted by Gasteiger charge is -2.60. The van der Waals surface area contributed by atoms with Gasteiger partial charge in [-0.25, -0.2) is 4.99 Å². The summed E-state index contributed by atoms with van der Waals surface area (Å²) in [6.45, 7) is 0. The van der Waals surface area contributed by atoms with Crippen LogP contribution in [0.25, 0.3) is 0 Å². The number of halogens is 15. The summed E-state index contributed by atoms with van der Waals surface area (Å²) in [5.41, 5.74) is -4.99. The van der Waals surface area contributed by atoms with Crippen LogP contribution in [-0.4, -0.2) is 48.1 Å². The van der Waals surface area contributed by atoms with Crippen LogP contribution in [0.15, 0.2) is 4.99 Å². The van der Waals surface area contributed by atoms with Gasteiger partial charge in [0.2, 0.25) is 24.6 Å². The Labute approximate surface area is 229 Å². The molecule has 160 valence electrons. The number of rotatable bonds is 0. The van der Waals surface area contributed by atoms with Gasteiger partial charge >= 0.3 is 0 Å². The Morgan fingerprint density at radius 1 is 0.667 bits per heavy atom. The Kier molecular flexibility index (Phi) is 9.10. The van der Waals surface area contributed by atoms with Crippen LogP contribution >= 0.6 is 174 Å². The minimum Gasteiger partial charge on any atom is -0.334 e. The number of hydrogen-bond acceptors (Lipinski definition) is 3. The maximum atomic E-state index is 6.12. The molecule has 3 nitrogen and oxygen atoms in total. The van der Waals surface area contributed by atoms with E-state index in [1.54, 1.807) is 0 Å². The van der Waals surface area contributed by atoms with Crippen LogP contribution in [0, 0.1) is 0 Å². The van der Waals surface area contributed by atoms with Crippen LogP contribution < -0.4 is 5.32 Å². The lowest BCUT2D eigenvalue weighted by molar-refractivity contribution is 0.0798. The molecule has 0 bridgehead atoms. The largest absolute Gasteiger partial charge is 0.334 e. The summed E-state index contributed by atoms with van der Waals surface area (Å²) in [4.78, 5) is 4.94. The van der Waals surface area contributed by atoms with Crippen molar-refractivity contribution in [1.82, 2.24) is 10.2 Å². The minimum atomic E-state index is -2.56. The first-order valence-electron chi connectivity index (χ1n) is 5.93. The maximum Gasteiger partial charge on any atom is 0.247 e. The highest BCUT2D eigenvalue weighted by Crippen LogP contribution is 2.61. The van der Waals surface area contributed by atoms with Gasteiger partial charge in [0.25, 0.3) is 0 Å². The first-order chi connectivity index (χ1) is 11.5. The van der Waals surface area contributed by atoms with Gasteiger partial charge in [-0.05, 0) is 0 Å². The van der Waals surface area contributed by atoms with Crippen molar-refractivity contribution >= 4 is 180 Å². The molecular weight excluding hydrogens is 682 g/mol. The molecule has 0 saturated carbocycles. The molecule has 1 aliphatic rings. The minimum absolute atomic E-state index is 0.526. The van der Waals surface area contributed by atoms with E-state index in [9.17, 15) is 0 Å². The first-order valence-corrected chi connectivity index (χ1v) is 11.6. The fourth-order valence-electron chi connectivity index (χ4n) is 2.13.